The second-order valence-corrected chi connectivity index (χ2v) is 6.21. The van der Waals surface area contributed by atoms with Crippen LogP contribution in [0.4, 0.5) is 4.79 Å². The van der Waals surface area contributed by atoms with Crippen LogP contribution in [0, 0.1) is 0 Å². The number of hydrogen-bond acceptors (Lipinski definition) is 4. The number of carbonyl (C=O) groups excluding carboxylic acids is 2. The second-order valence-electron chi connectivity index (χ2n) is 5.27. The molecule has 0 unspecified atom stereocenters. The van der Waals surface area contributed by atoms with Gasteiger partial charge < -0.3 is 9.88 Å². The molecule has 0 atom stereocenters. The molecule has 1 aromatic heterocycles. The molecule has 0 saturated heterocycles. The van der Waals surface area contributed by atoms with E-state index in [0.29, 0.717) is 6.54 Å². The minimum Gasteiger partial charge on any atom is -0.337 e. The van der Waals surface area contributed by atoms with Crippen molar-refractivity contribution in [3.63, 3.8) is 0 Å². The fraction of sp³-hybridized carbons (Fsp3) is 0.533. The summed E-state index contributed by atoms with van der Waals surface area (Å²) < 4.78 is 1.83. The molecule has 0 saturated carbocycles. The van der Waals surface area contributed by atoms with Crippen molar-refractivity contribution in [2.24, 2.45) is 7.05 Å². The Balaban J connectivity index is 1.60. The monoisotopic (exact) mass is 322 g/mol. The topological polar surface area (TPSA) is 76.0 Å². The molecule has 3 amide bonds. The maximum Gasteiger partial charge on any atom is 0.321 e. The molecule has 0 spiro atoms. The predicted octanol–water partition coefficient (Wildman–Crippen LogP) is 2.23. The molecule has 0 aromatic carbocycles. The summed E-state index contributed by atoms with van der Waals surface area (Å²) in [5, 5.41) is 5.81. The summed E-state index contributed by atoms with van der Waals surface area (Å²) in [6.07, 6.45) is 11.4. The van der Waals surface area contributed by atoms with Crippen molar-refractivity contribution in [3.8, 4) is 0 Å². The van der Waals surface area contributed by atoms with Gasteiger partial charge in [-0.3, -0.25) is 10.1 Å². The highest BCUT2D eigenvalue weighted by atomic mass is 32.2. The standard InChI is InChI=1S/C15H22N4O2S/c1-19-10-9-17-15(19)22-11-13(20)18-14(21)16-8-7-12-5-3-2-4-6-12/h5,9-10H,2-4,6-8,11H2,1H3,(H2,16,18,20,21). The van der Waals surface area contributed by atoms with Gasteiger partial charge >= 0.3 is 6.03 Å². The first-order chi connectivity index (χ1) is 10.6. The average Bonchev–Trinajstić information content (AvgIpc) is 2.91. The maximum absolute atomic E-state index is 11.7. The van der Waals surface area contributed by atoms with Crippen LogP contribution in [-0.4, -0.2) is 33.8 Å². The Bertz CT molecular complexity index is 553. The molecule has 1 heterocycles. The molecule has 0 fully saturated rings. The summed E-state index contributed by atoms with van der Waals surface area (Å²) in [4.78, 5) is 27.4. The van der Waals surface area contributed by atoms with E-state index in [0.717, 1.165) is 24.4 Å². The summed E-state index contributed by atoms with van der Waals surface area (Å²) >= 11 is 1.30. The second kappa shape index (κ2) is 8.63. The van der Waals surface area contributed by atoms with E-state index in [1.165, 1.54) is 30.2 Å². The zero-order chi connectivity index (χ0) is 15.8. The van der Waals surface area contributed by atoms with Gasteiger partial charge in [-0.15, -0.1) is 0 Å². The number of urea groups is 1. The molecular formula is C15H22N4O2S. The Hall–Kier alpha value is -1.76. The normalized spacial score (nSPS) is 14.3. The van der Waals surface area contributed by atoms with Crippen LogP contribution in [0.3, 0.4) is 0 Å². The van der Waals surface area contributed by atoms with Crippen LogP contribution in [-0.2, 0) is 11.8 Å². The molecule has 6 nitrogen and oxygen atoms in total. The first-order valence-electron chi connectivity index (χ1n) is 7.51. The Labute approximate surface area is 134 Å². The summed E-state index contributed by atoms with van der Waals surface area (Å²) in [7, 11) is 1.86. The van der Waals surface area contributed by atoms with Gasteiger partial charge in [0.15, 0.2) is 5.16 Å². The van der Waals surface area contributed by atoms with Crippen LogP contribution in [0.25, 0.3) is 0 Å². The molecule has 1 aliphatic rings. The highest BCUT2D eigenvalue weighted by Gasteiger charge is 2.10. The Morgan fingerprint density at radius 1 is 1.41 bits per heavy atom. The number of hydrogen-bond donors (Lipinski definition) is 2. The van der Waals surface area contributed by atoms with Crippen LogP contribution in [0.2, 0.25) is 0 Å². The lowest BCUT2D eigenvalue weighted by Crippen LogP contribution is -2.40. The van der Waals surface area contributed by atoms with Crippen molar-refractivity contribution >= 4 is 23.7 Å². The smallest absolute Gasteiger partial charge is 0.321 e. The van der Waals surface area contributed by atoms with Gasteiger partial charge in [0.25, 0.3) is 0 Å². The number of allylic oxidation sites excluding steroid dienone is 1. The quantitative estimate of drug-likeness (QED) is 0.622. The third-order valence-corrected chi connectivity index (χ3v) is 4.54. The third-order valence-electron chi connectivity index (χ3n) is 3.48. The van der Waals surface area contributed by atoms with Gasteiger partial charge in [0.1, 0.15) is 0 Å². The minimum atomic E-state index is -0.429. The van der Waals surface area contributed by atoms with Crippen molar-refractivity contribution in [2.45, 2.75) is 37.3 Å². The Morgan fingerprint density at radius 2 is 2.27 bits per heavy atom. The van der Waals surface area contributed by atoms with Crippen LogP contribution >= 0.6 is 11.8 Å². The number of carbonyl (C=O) groups is 2. The third kappa shape index (κ3) is 5.55. The van der Waals surface area contributed by atoms with Crippen molar-refractivity contribution < 1.29 is 9.59 Å². The van der Waals surface area contributed by atoms with Gasteiger partial charge in [-0.2, -0.15) is 0 Å². The van der Waals surface area contributed by atoms with Crippen molar-refractivity contribution in [1.82, 2.24) is 20.2 Å². The first kappa shape index (κ1) is 16.6. The van der Waals surface area contributed by atoms with E-state index in [4.69, 9.17) is 0 Å². The lowest BCUT2D eigenvalue weighted by atomic mass is 9.97. The van der Waals surface area contributed by atoms with Gasteiger partial charge in [0, 0.05) is 26.0 Å². The molecule has 0 bridgehead atoms. The molecule has 0 radical (unpaired) electrons. The molecule has 120 valence electrons. The molecule has 7 heteroatoms. The lowest BCUT2D eigenvalue weighted by molar-refractivity contribution is -0.117. The number of imide groups is 1. The Kier molecular flexibility index (Phi) is 6.51. The van der Waals surface area contributed by atoms with Crippen LogP contribution < -0.4 is 10.6 Å². The fourth-order valence-electron chi connectivity index (χ4n) is 2.30. The van der Waals surface area contributed by atoms with E-state index >= 15 is 0 Å². The van der Waals surface area contributed by atoms with Gasteiger partial charge in [-0.05, 0) is 32.1 Å². The zero-order valence-electron chi connectivity index (χ0n) is 12.8. The molecular weight excluding hydrogens is 300 g/mol. The summed E-state index contributed by atoms with van der Waals surface area (Å²) in [5.74, 6) is -0.147. The molecule has 0 aliphatic heterocycles. The van der Waals surface area contributed by atoms with Crippen LogP contribution in [0.15, 0.2) is 29.2 Å². The van der Waals surface area contributed by atoms with E-state index in [1.54, 1.807) is 6.20 Å². The zero-order valence-corrected chi connectivity index (χ0v) is 13.6. The number of nitrogens with one attached hydrogen (secondary N) is 2. The van der Waals surface area contributed by atoms with E-state index < -0.39 is 6.03 Å². The van der Waals surface area contributed by atoms with Crippen molar-refractivity contribution in [1.29, 1.82) is 0 Å². The minimum absolute atomic E-state index is 0.170. The first-order valence-corrected chi connectivity index (χ1v) is 8.49. The summed E-state index contributed by atoms with van der Waals surface area (Å²) in [6.45, 7) is 0.567. The van der Waals surface area contributed by atoms with E-state index in [1.807, 2.05) is 17.8 Å². The number of thioether (sulfide) groups is 1. The SMILES string of the molecule is Cn1ccnc1SCC(=O)NC(=O)NCCC1=CCCCC1. The molecule has 2 N–H and O–H groups in total. The molecule has 1 aliphatic carbocycles. The average molecular weight is 322 g/mol. The number of aryl methyl sites for hydroxylation is 1. The number of nitrogens with zero attached hydrogens (tertiary/aromatic N) is 2. The summed E-state index contributed by atoms with van der Waals surface area (Å²) in [5.41, 5.74) is 1.41. The van der Waals surface area contributed by atoms with E-state index in [-0.39, 0.29) is 11.7 Å². The number of rotatable bonds is 6. The number of amides is 3. The highest BCUT2D eigenvalue weighted by Crippen LogP contribution is 2.19. The van der Waals surface area contributed by atoms with Gasteiger partial charge in [-0.25, -0.2) is 9.78 Å². The van der Waals surface area contributed by atoms with Crippen LogP contribution in [0.1, 0.15) is 32.1 Å². The molecule has 22 heavy (non-hydrogen) atoms. The lowest BCUT2D eigenvalue weighted by Gasteiger charge is -2.13. The molecule has 1 aromatic rings. The van der Waals surface area contributed by atoms with Crippen molar-refractivity contribution in [2.75, 3.05) is 12.3 Å². The van der Waals surface area contributed by atoms with Gasteiger partial charge in [-0.1, -0.05) is 23.4 Å². The predicted molar refractivity (Wildman–Crippen MR) is 86.6 cm³/mol. The van der Waals surface area contributed by atoms with E-state index in [2.05, 4.69) is 21.7 Å². The maximum atomic E-state index is 11.7. The van der Waals surface area contributed by atoms with Gasteiger partial charge in [0.2, 0.25) is 5.91 Å². The largest absolute Gasteiger partial charge is 0.337 e. The summed E-state index contributed by atoms with van der Waals surface area (Å²) in [6, 6.07) is -0.429. The Morgan fingerprint density at radius 3 is 2.95 bits per heavy atom. The van der Waals surface area contributed by atoms with Crippen molar-refractivity contribution in [3.05, 3.63) is 24.0 Å². The highest BCUT2D eigenvalue weighted by molar-refractivity contribution is 7.99. The van der Waals surface area contributed by atoms with Crippen LogP contribution in [0.5, 0.6) is 0 Å². The number of aromatic nitrogens is 2. The fourth-order valence-corrected chi connectivity index (χ4v) is 3.03. The van der Waals surface area contributed by atoms with Gasteiger partial charge in [0.05, 0.1) is 5.75 Å². The number of imidazole rings is 1. The molecule has 2 rings (SSSR count). The van der Waals surface area contributed by atoms with E-state index in [9.17, 15) is 9.59 Å².